The molecule has 3 amide bonds. The van der Waals surface area contributed by atoms with Gasteiger partial charge in [0.1, 0.15) is 6.54 Å². The van der Waals surface area contributed by atoms with Gasteiger partial charge in [-0.1, -0.05) is 42.1 Å². The zero-order valence-corrected chi connectivity index (χ0v) is 13.5. The van der Waals surface area contributed by atoms with Gasteiger partial charge in [0.05, 0.1) is 17.6 Å². The molecule has 0 fully saturated rings. The molecule has 4 N–H and O–H groups in total. The van der Waals surface area contributed by atoms with E-state index in [9.17, 15) is 22.8 Å². The molecule has 1 heterocycles. The summed E-state index contributed by atoms with van der Waals surface area (Å²) in [6, 6.07) is 7.99. The Bertz CT molecular complexity index is 749. The number of rotatable bonds is 5. The van der Waals surface area contributed by atoms with Crippen LogP contribution in [0.4, 0.5) is 18.0 Å². The lowest BCUT2D eigenvalue weighted by Gasteiger charge is -2.08. The second-order valence-corrected chi connectivity index (χ2v) is 5.76. The molecule has 11 heteroatoms. The quantitative estimate of drug-likeness (QED) is 0.547. The van der Waals surface area contributed by atoms with Crippen molar-refractivity contribution in [3.8, 4) is 11.3 Å². The lowest BCUT2D eigenvalue weighted by molar-refractivity contribution is -0.124. The molecule has 0 atom stereocenters. The number of thioether (sulfide) groups is 1. The zero-order chi connectivity index (χ0) is 18.4. The first-order valence-corrected chi connectivity index (χ1v) is 7.90. The van der Waals surface area contributed by atoms with Crippen LogP contribution in [0.3, 0.4) is 0 Å². The normalized spacial score (nSPS) is 11.2. The molecule has 0 aliphatic rings. The highest BCUT2D eigenvalue weighted by molar-refractivity contribution is 7.99. The Hall–Kier alpha value is -2.69. The summed E-state index contributed by atoms with van der Waals surface area (Å²) in [5, 5.41) is 3.65. The number of nitrogens with two attached hydrogens (primary N) is 1. The van der Waals surface area contributed by atoms with Crippen molar-refractivity contribution in [2.45, 2.75) is 11.3 Å². The zero-order valence-electron chi connectivity index (χ0n) is 12.7. The van der Waals surface area contributed by atoms with E-state index in [1.54, 1.807) is 11.5 Å². The van der Waals surface area contributed by atoms with Crippen LogP contribution in [0, 0.1) is 0 Å². The van der Waals surface area contributed by atoms with Crippen LogP contribution in [0.5, 0.6) is 0 Å². The Labute approximate surface area is 144 Å². The predicted octanol–water partition coefficient (Wildman–Crippen LogP) is 1.74. The number of hydrogen-bond donors (Lipinski definition) is 3. The Morgan fingerprint density at radius 1 is 1.24 bits per heavy atom. The number of nitrogens with zero attached hydrogens (tertiary/aromatic N) is 2. The molecule has 1 aromatic carbocycles. The van der Waals surface area contributed by atoms with Gasteiger partial charge in [0, 0.05) is 5.56 Å². The van der Waals surface area contributed by atoms with Gasteiger partial charge in [-0.2, -0.15) is 13.2 Å². The number of nitrogen functional groups attached to an aromatic ring is 1. The lowest BCUT2D eigenvalue weighted by atomic mass is 10.2. The highest BCUT2D eigenvalue weighted by Gasteiger charge is 2.28. The summed E-state index contributed by atoms with van der Waals surface area (Å²) in [7, 11) is 0. The first kappa shape index (κ1) is 18.6. The van der Waals surface area contributed by atoms with Crippen LogP contribution in [0.15, 0.2) is 41.7 Å². The third-order valence-electron chi connectivity index (χ3n) is 2.80. The van der Waals surface area contributed by atoms with Gasteiger partial charge in [0.25, 0.3) is 0 Å². The summed E-state index contributed by atoms with van der Waals surface area (Å²) in [6.45, 7) is -1.52. The monoisotopic (exact) mass is 373 g/mol. The number of benzene rings is 1. The number of halogens is 3. The SMILES string of the molecule is Nn1cc(-c2ccccc2)nc1SCC(=O)NC(=O)NCC(F)(F)F. The number of hydrogen-bond acceptors (Lipinski definition) is 5. The Kier molecular flexibility index (Phi) is 5.91. The first-order valence-electron chi connectivity index (χ1n) is 6.92. The molecule has 2 aromatic rings. The van der Waals surface area contributed by atoms with Crippen molar-refractivity contribution in [3.05, 3.63) is 36.5 Å². The summed E-state index contributed by atoms with van der Waals surface area (Å²) in [5.74, 6) is 4.76. The van der Waals surface area contributed by atoms with E-state index >= 15 is 0 Å². The number of imidazole rings is 1. The molecule has 0 unspecified atom stereocenters. The minimum Gasteiger partial charge on any atom is -0.337 e. The van der Waals surface area contributed by atoms with Gasteiger partial charge in [-0.05, 0) is 0 Å². The van der Waals surface area contributed by atoms with Gasteiger partial charge >= 0.3 is 12.2 Å². The van der Waals surface area contributed by atoms with Crippen LogP contribution in [-0.4, -0.2) is 40.1 Å². The van der Waals surface area contributed by atoms with Crippen LogP contribution in [0.2, 0.25) is 0 Å². The van der Waals surface area contributed by atoms with Crippen molar-refractivity contribution in [2.75, 3.05) is 18.1 Å². The third kappa shape index (κ3) is 6.03. The molecule has 0 aliphatic carbocycles. The summed E-state index contributed by atoms with van der Waals surface area (Å²) < 4.78 is 37.1. The van der Waals surface area contributed by atoms with Gasteiger partial charge in [0.15, 0.2) is 5.16 Å². The van der Waals surface area contributed by atoms with Crippen LogP contribution < -0.4 is 16.5 Å². The van der Waals surface area contributed by atoms with Crippen LogP contribution >= 0.6 is 11.8 Å². The highest BCUT2D eigenvalue weighted by atomic mass is 32.2. The van der Waals surface area contributed by atoms with Crippen molar-refractivity contribution in [1.29, 1.82) is 0 Å². The van der Waals surface area contributed by atoms with E-state index in [0.29, 0.717) is 10.9 Å². The molecule has 2 rings (SSSR count). The standard InChI is InChI=1S/C14H14F3N5O2S/c15-14(16,17)8-19-12(24)21-11(23)7-25-13-20-10(6-22(13)18)9-4-2-1-3-5-9/h1-6H,7-8,18H2,(H2,19,21,23,24). The maximum atomic E-state index is 12.0. The molecular formula is C14H14F3N5O2S. The number of imide groups is 1. The minimum atomic E-state index is -4.55. The van der Waals surface area contributed by atoms with E-state index in [4.69, 9.17) is 5.84 Å². The van der Waals surface area contributed by atoms with Gasteiger partial charge in [-0.3, -0.25) is 10.1 Å². The number of carbonyl (C=O) groups is 2. The summed E-state index contributed by atoms with van der Waals surface area (Å²) in [4.78, 5) is 27.0. The maximum absolute atomic E-state index is 12.0. The van der Waals surface area contributed by atoms with Crippen molar-refractivity contribution >= 4 is 23.7 Å². The van der Waals surface area contributed by atoms with Gasteiger partial charge in [0.2, 0.25) is 5.91 Å². The number of alkyl halides is 3. The fourth-order valence-corrected chi connectivity index (χ4v) is 2.45. The molecule has 134 valence electrons. The van der Waals surface area contributed by atoms with Crippen molar-refractivity contribution in [2.24, 2.45) is 0 Å². The third-order valence-corrected chi connectivity index (χ3v) is 3.77. The van der Waals surface area contributed by atoms with Crippen LogP contribution in [-0.2, 0) is 4.79 Å². The van der Waals surface area contributed by atoms with Crippen molar-refractivity contribution in [3.63, 3.8) is 0 Å². The first-order chi connectivity index (χ1) is 11.7. The number of carbonyl (C=O) groups excluding carboxylic acids is 2. The minimum absolute atomic E-state index is 0.234. The van der Waals surface area contributed by atoms with E-state index < -0.39 is 24.7 Å². The molecule has 0 spiro atoms. The number of nitrogens with one attached hydrogen (secondary N) is 2. The molecule has 0 radical (unpaired) electrons. The Morgan fingerprint density at radius 3 is 2.56 bits per heavy atom. The largest absolute Gasteiger partial charge is 0.405 e. The van der Waals surface area contributed by atoms with E-state index in [-0.39, 0.29) is 5.75 Å². The molecule has 7 nitrogen and oxygen atoms in total. The molecule has 0 bridgehead atoms. The number of aromatic nitrogens is 2. The Balaban J connectivity index is 1.86. The maximum Gasteiger partial charge on any atom is 0.405 e. The van der Waals surface area contributed by atoms with Crippen LogP contribution in [0.25, 0.3) is 11.3 Å². The molecule has 25 heavy (non-hydrogen) atoms. The second kappa shape index (κ2) is 7.92. The highest BCUT2D eigenvalue weighted by Crippen LogP contribution is 2.22. The topological polar surface area (TPSA) is 102 Å². The van der Waals surface area contributed by atoms with Gasteiger partial charge in [-0.25, -0.2) is 14.5 Å². The summed E-state index contributed by atoms with van der Waals surface area (Å²) in [6.07, 6.45) is -2.97. The van der Waals surface area contributed by atoms with E-state index in [1.807, 2.05) is 30.3 Å². The molecule has 0 saturated carbocycles. The molecule has 1 aromatic heterocycles. The van der Waals surface area contributed by atoms with Crippen molar-refractivity contribution in [1.82, 2.24) is 20.3 Å². The number of amides is 3. The average molecular weight is 373 g/mol. The molecular weight excluding hydrogens is 359 g/mol. The fourth-order valence-electron chi connectivity index (χ4n) is 1.75. The van der Waals surface area contributed by atoms with Gasteiger partial charge in [-0.15, -0.1) is 0 Å². The van der Waals surface area contributed by atoms with E-state index in [0.717, 1.165) is 17.3 Å². The predicted molar refractivity (Wildman–Crippen MR) is 86.1 cm³/mol. The fraction of sp³-hybridized carbons (Fsp3) is 0.214. The van der Waals surface area contributed by atoms with Gasteiger partial charge < -0.3 is 11.2 Å². The lowest BCUT2D eigenvalue weighted by Crippen LogP contribution is -2.44. The summed E-state index contributed by atoms with van der Waals surface area (Å²) >= 11 is 0.949. The molecule has 0 saturated heterocycles. The summed E-state index contributed by atoms with van der Waals surface area (Å²) in [5.41, 5.74) is 1.44. The van der Waals surface area contributed by atoms with Crippen LogP contribution in [0.1, 0.15) is 0 Å². The van der Waals surface area contributed by atoms with E-state index in [1.165, 1.54) is 9.99 Å². The molecule has 0 aliphatic heterocycles. The number of urea groups is 1. The van der Waals surface area contributed by atoms with Crippen molar-refractivity contribution < 1.29 is 22.8 Å². The Morgan fingerprint density at radius 2 is 1.92 bits per heavy atom. The second-order valence-electron chi connectivity index (χ2n) is 4.82. The average Bonchev–Trinajstić information content (AvgIpc) is 2.92. The smallest absolute Gasteiger partial charge is 0.337 e. The van der Waals surface area contributed by atoms with E-state index in [2.05, 4.69) is 4.98 Å².